The van der Waals surface area contributed by atoms with Gasteiger partial charge in [-0.2, -0.15) is 0 Å². The van der Waals surface area contributed by atoms with Gasteiger partial charge in [-0.05, 0) is 24.4 Å². The number of nitrogens with zero attached hydrogens (tertiary/aromatic N) is 2. The Kier molecular flexibility index (Phi) is 3.82. The SMILES string of the molecule is Cc1cc(CNC(=O)Cc2cccs2)ncn1. The summed E-state index contributed by atoms with van der Waals surface area (Å²) in [6.45, 7) is 2.35. The van der Waals surface area contributed by atoms with Crippen LogP contribution < -0.4 is 5.32 Å². The van der Waals surface area contributed by atoms with Gasteiger partial charge in [0.05, 0.1) is 18.7 Å². The highest BCUT2D eigenvalue weighted by atomic mass is 32.1. The summed E-state index contributed by atoms with van der Waals surface area (Å²) in [4.78, 5) is 20.8. The molecular formula is C12H13N3OS. The molecule has 0 radical (unpaired) electrons. The Morgan fingerprint density at radius 1 is 1.47 bits per heavy atom. The zero-order chi connectivity index (χ0) is 12.1. The van der Waals surface area contributed by atoms with Crippen molar-refractivity contribution in [3.8, 4) is 0 Å². The number of nitrogens with one attached hydrogen (secondary N) is 1. The smallest absolute Gasteiger partial charge is 0.225 e. The summed E-state index contributed by atoms with van der Waals surface area (Å²) in [7, 11) is 0. The lowest BCUT2D eigenvalue weighted by Crippen LogP contribution is -2.24. The van der Waals surface area contributed by atoms with Gasteiger partial charge in [-0.25, -0.2) is 9.97 Å². The van der Waals surface area contributed by atoms with E-state index in [0.717, 1.165) is 16.3 Å². The number of amides is 1. The molecule has 4 nitrogen and oxygen atoms in total. The zero-order valence-electron chi connectivity index (χ0n) is 9.51. The molecule has 0 saturated carbocycles. The van der Waals surface area contributed by atoms with E-state index < -0.39 is 0 Å². The number of carbonyl (C=O) groups excluding carboxylic acids is 1. The van der Waals surface area contributed by atoms with E-state index in [1.807, 2.05) is 30.5 Å². The Bertz CT molecular complexity index is 496. The quantitative estimate of drug-likeness (QED) is 0.894. The predicted octanol–water partition coefficient (Wildman–Crippen LogP) is 1.71. The van der Waals surface area contributed by atoms with Crippen LogP contribution in [0.1, 0.15) is 16.3 Å². The fourth-order valence-corrected chi connectivity index (χ4v) is 2.13. The summed E-state index contributed by atoms with van der Waals surface area (Å²) < 4.78 is 0. The average molecular weight is 247 g/mol. The number of thiophene rings is 1. The highest BCUT2D eigenvalue weighted by Crippen LogP contribution is 2.08. The minimum Gasteiger partial charge on any atom is -0.350 e. The first-order chi connectivity index (χ1) is 8.24. The van der Waals surface area contributed by atoms with E-state index in [0.29, 0.717) is 13.0 Å². The Morgan fingerprint density at radius 3 is 3.06 bits per heavy atom. The van der Waals surface area contributed by atoms with Gasteiger partial charge < -0.3 is 5.32 Å². The molecule has 17 heavy (non-hydrogen) atoms. The lowest BCUT2D eigenvalue weighted by molar-refractivity contribution is -0.120. The molecule has 0 saturated heterocycles. The molecular weight excluding hydrogens is 234 g/mol. The van der Waals surface area contributed by atoms with Crippen LogP contribution in [0, 0.1) is 6.92 Å². The highest BCUT2D eigenvalue weighted by Gasteiger charge is 2.04. The zero-order valence-corrected chi connectivity index (χ0v) is 10.3. The van der Waals surface area contributed by atoms with Crippen LogP contribution in [0.3, 0.4) is 0 Å². The largest absolute Gasteiger partial charge is 0.350 e. The van der Waals surface area contributed by atoms with E-state index >= 15 is 0 Å². The Hall–Kier alpha value is -1.75. The van der Waals surface area contributed by atoms with Crippen molar-refractivity contribution in [2.45, 2.75) is 19.9 Å². The summed E-state index contributed by atoms with van der Waals surface area (Å²) in [6, 6.07) is 5.77. The fourth-order valence-electron chi connectivity index (χ4n) is 1.43. The van der Waals surface area contributed by atoms with Crippen LogP contribution in [0.15, 0.2) is 29.9 Å². The summed E-state index contributed by atoms with van der Waals surface area (Å²) in [5, 5.41) is 4.81. The van der Waals surface area contributed by atoms with E-state index in [2.05, 4.69) is 15.3 Å². The molecule has 2 heterocycles. The first kappa shape index (κ1) is 11.7. The summed E-state index contributed by atoms with van der Waals surface area (Å²) in [5.74, 6) is 0.0173. The average Bonchev–Trinajstić information content (AvgIpc) is 2.79. The van der Waals surface area contributed by atoms with Crippen molar-refractivity contribution in [2.75, 3.05) is 0 Å². The van der Waals surface area contributed by atoms with E-state index in [-0.39, 0.29) is 5.91 Å². The molecule has 88 valence electrons. The van der Waals surface area contributed by atoms with Crippen molar-refractivity contribution < 1.29 is 4.79 Å². The third-order valence-corrected chi connectivity index (χ3v) is 3.12. The van der Waals surface area contributed by atoms with Crippen LogP contribution in [0.5, 0.6) is 0 Å². The van der Waals surface area contributed by atoms with E-state index in [9.17, 15) is 4.79 Å². The maximum Gasteiger partial charge on any atom is 0.225 e. The molecule has 0 unspecified atom stereocenters. The van der Waals surface area contributed by atoms with Gasteiger partial charge in [0, 0.05) is 10.6 Å². The van der Waals surface area contributed by atoms with E-state index in [1.165, 1.54) is 6.33 Å². The Labute approximate surface area is 104 Å². The van der Waals surface area contributed by atoms with Gasteiger partial charge in [0.2, 0.25) is 5.91 Å². The molecule has 5 heteroatoms. The number of hydrogen-bond acceptors (Lipinski definition) is 4. The second-order valence-corrected chi connectivity index (χ2v) is 4.72. The number of aryl methyl sites for hydroxylation is 1. The lowest BCUT2D eigenvalue weighted by atomic mass is 10.3. The van der Waals surface area contributed by atoms with Crippen LogP contribution in [0.25, 0.3) is 0 Å². The van der Waals surface area contributed by atoms with Crippen molar-refractivity contribution in [3.05, 3.63) is 46.2 Å². The Morgan fingerprint density at radius 2 is 2.35 bits per heavy atom. The summed E-state index contributed by atoms with van der Waals surface area (Å²) >= 11 is 1.59. The van der Waals surface area contributed by atoms with Crippen LogP contribution in [-0.4, -0.2) is 15.9 Å². The first-order valence-corrected chi connectivity index (χ1v) is 6.18. The molecule has 0 aromatic carbocycles. The monoisotopic (exact) mass is 247 g/mol. The van der Waals surface area contributed by atoms with Crippen molar-refractivity contribution in [3.63, 3.8) is 0 Å². The highest BCUT2D eigenvalue weighted by molar-refractivity contribution is 7.10. The van der Waals surface area contributed by atoms with Gasteiger partial charge in [-0.3, -0.25) is 4.79 Å². The van der Waals surface area contributed by atoms with Crippen LogP contribution in [0.4, 0.5) is 0 Å². The van der Waals surface area contributed by atoms with Gasteiger partial charge in [0.1, 0.15) is 6.33 Å². The van der Waals surface area contributed by atoms with Crippen LogP contribution >= 0.6 is 11.3 Å². The summed E-state index contributed by atoms with van der Waals surface area (Å²) in [6.07, 6.45) is 1.94. The molecule has 2 aromatic rings. The molecule has 1 N–H and O–H groups in total. The number of aromatic nitrogens is 2. The number of rotatable bonds is 4. The number of hydrogen-bond donors (Lipinski definition) is 1. The summed E-state index contributed by atoms with van der Waals surface area (Å²) in [5.41, 5.74) is 1.74. The molecule has 0 aliphatic carbocycles. The Balaban J connectivity index is 1.84. The van der Waals surface area contributed by atoms with Crippen molar-refractivity contribution in [1.29, 1.82) is 0 Å². The molecule has 2 rings (SSSR count). The minimum atomic E-state index is 0.0173. The molecule has 0 spiro atoms. The van der Waals surface area contributed by atoms with Gasteiger partial charge >= 0.3 is 0 Å². The van der Waals surface area contributed by atoms with Gasteiger partial charge in [0.25, 0.3) is 0 Å². The van der Waals surface area contributed by atoms with Crippen LogP contribution in [0.2, 0.25) is 0 Å². The predicted molar refractivity (Wildman–Crippen MR) is 66.6 cm³/mol. The molecule has 0 bridgehead atoms. The van der Waals surface area contributed by atoms with Crippen molar-refractivity contribution in [1.82, 2.24) is 15.3 Å². The molecule has 2 aromatic heterocycles. The third kappa shape index (κ3) is 3.64. The standard InChI is InChI=1S/C12H13N3OS/c1-9-5-10(15-8-14-9)7-13-12(16)6-11-3-2-4-17-11/h2-5,8H,6-7H2,1H3,(H,13,16). The fraction of sp³-hybridized carbons (Fsp3) is 0.250. The third-order valence-electron chi connectivity index (χ3n) is 2.24. The van der Waals surface area contributed by atoms with Crippen molar-refractivity contribution >= 4 is 17.2 Å². The topological polar surface area (TPSA) is 54.9 Å². The molecule has 0 atom stereocenters. The van der Waals surface area contributed by atoms with Crippen molar-refractivity contribution in [2.24, 2.45) is 0 Å². The molecule has 0 aliphatic heterocycles. The maximum atomic E-state index is 11.6. The minimum absolute atomic E-state index is 0.0173. The molecule has 1 amide bonds. The van der Waals surface area contributed by atoms with Gasteiger partial charge in [-0.1, -0.05) is 6.07 Å². The first-order valence-electron chi connectivity index (χ1n) is 5.30. The van der Waals surface area contributed by atoms with Gasteiger partial charge in [0.15, 0.2) is 0 Å². The molecule has 0 aliphatic rings. The maximum absolute atomic E-state index is 11.6. The van der Waals surface area contributed by atoms with E-state index in [1.54, 1.807) is 11.3 Å². The van der Waals surface area contributed by atoms with E-state index in [4.69, 9.17) is 0 Å². The van der Waals surface area contributed by atoms with Gasteiger partial charge in [-0.15, -0.1) is 11.3 Å². The second-order valence-electron chi connectivity index (χ2n) is 3.68. The number of carbonyl (C=O) groups is 1. The second kappa shape index (κ2) is 5.54. The van der Waals surface area contributed by atoms with Crippen LogP contribution in [-0.2, 0) is 17.8 Å². The molecule has 0 fully saturated rings. The normalized spacial score (nSPS) is 10.2. The lowest BCUT2D eigenvalue weighted by Gasteiger charge is -2.04.